The highest BCUT2D eigenvalue weighted by Gasteiger charge is 2.06. The highest BCUT2D eigenvalue weighted by molar-refractivity contribution is 6.07. The van der Waals surface area contributed by atoms with Gasteiger partial charge in [-0.2, -0.15) is 0 Å². The molecule has 0 amide bonds. The number of rotatable bonds is 7. The molecule has 3 rings (SSSR count). The van der Waals surface area contributed by atoms with E-state index in [4.69, 9.17) is 9.47 Å². The van der Waals surface area contributed by atoms with E-state index in [1.807, 2.05) is 42.5 Å². The molecule has 0 aliphatic rings. The van der Waals surface area contributed by atoms with Crippen LogP contribution in [-0.4, -0.2) is 18.9 Å². The molecular formula is C24H20O4. The van der Waals surface area contributed by atoms with Gasteiger partial charge in [-0.25, -0.2) is 4.79 Å². The summed E-state index contributed by atoms with van der Waals surface area (Å²) in [7, 11) is 1.33. The number of carbonyl (C=O) groups excluding carboxylic acids is 2. The molecule has 3 aromatic carbocycles. The minimum atomic E-state index is -0.412. The fourth-order valence-electron chi connectivity index (χ4n) is 2.64. The van der Waals surface area contributed by atoms with Gasteiger partial charge in [0.1, 0.15) is 12.4 Å². The molecular weight excluding hydrogens is 352 g/mol. The molecule has 4 heteroatoms. The van der Waals surface area contributed by atoms with Gasteiger partial charge in [0.15, 0.2) is 5.78 Å². The number of carbonyl (C=O) groups is 2. The van der Waals surface area contributed by atoms with Gasteiger partial charge in [0.2, 0.25) is 0 Å². The fourth-order valence-corrected chi connectivity index (χ4v) is 2.64. The maximum Gasteiger partial charge on any atom is 0.337 e. The van der Waals surface area contributed by atoms with Gasteiger partial charge in [-0.3, -0.25) is 4.79 Å². The summed E-state index contributed by atoms with van der Waals surface area (Å²) in [4.78, 5) is 24.1. The van der Waals surface area contributed by atoms with Crippen LogP contribution in [0.3, 0.4) is 0 Å². The Morgan fingerprint density at radius 1 is 0.857 bits per heavy atom. The normalized spacial score (nSPS) is 10.6. The summed E-state index contributed by atoms with van der Waals surface area (Å²) in [6.45, 7) is 0.439. The third-order valence-corrected chi connectivity index (χ3v) is 4.10. The van der Waals surface area contributed by atoms with Crippen LogP contribution in [0.15, 0.2) is 84.9 Å². The molecule has 3 aromatic rings. The minimum Gasteiger partial charge on any atom is -0.489 e. The molecule has 0 aliphatic heterocycles. The second kappa shape index (κ2) is 9.33. The maximum atomic E-state index is 12.5. The van der Waals surface area contributed by atoms with Crippen molar-refractivity contribution in [3.63, 3.8) is 0 Å². The molecule has 0 spiro atoms. The zero-order valence-corrected chi connectivity index (χ0v) is 15.5. The molecule has 0 unspecified atom stereocenters. The number of hydrogen-bond donors (Lipinski definition) is 0. The molecule has 0 aliphatic carbocycles. The summed E-state index contributed by atoms with van der Waals surface area (Å²) in [5.41, 5.74) is 2.77. The first-order chi connectivity index (χ1) is 13.7. The summed E-state index contributed by atoms with van der Waals surface area (Å²) < 4.78 is 10.5. The molecule has 140 valence electrons. The zero-order chi connectivity index (χ0) is 19.8. The van der Waals surface area contributed by atoms with Crippen molar-refractivity contribution in [3.05, 3.63) is 107 Å². The molecule has 0 heterocycles. The highest BCUT2D eigenvalue weighted by Crippen LogP contribution is 2.17. The first-order valence-electron chi connectivity index (χ1n) is 8.83. The van der Waals surface area contributed by atoms with Crippen molar-refractivity contribution in [1.29, 1.82) is 0 Å². The van der Waals surface area contributed by atoms with Crippen molar-refractivity contribution in [2.75, 3.05) is 7.11 Å². The Balaban J connectivity index is 1.67. The van der Waals surface area contributed by atoms with Crippen molar-refractivity contribution >= 4 is 17.8 Å². The lowest BCUT2D eigenvalue weighted by atomic mass is 10.1. The summed E-state index contributed by atoms with van der Waals surface area (Å²) in [6, 6.07) is 23.8. The highest BCUT2D eigenvalue weighted by atomic mass is 16.5. The lowest BCUT2D eigenvalue weighted by molar-refractivity contribution is 0.0600. The molecule has 0 N–H and O–H groups in total. The molecule has 0 bridgehead atoms. The number of ketones is 1. The van der Waals surface area contributed by atoms with Crippen LogP contribution < -0.4 is 4.74 Å². The van der Waals surface area contributed by atoms with Crippen LogP contribution >= 0.6 is 0 Å². The van der Waals surface area contributed by atoms with E-state index >= 15 is 0 Å². The quantitative estimate of drug-likeness (QED) is 0.335. The maximum absolute atomic E-state index is 12.5. The molecule has 0 saturated carbocycles. The van der Waals surface area contributed by atoms with E-state index < -0.39 is 5.97 Å². The average molecular weight is 372 g/mol. The summed E-state index contributed by atoms with van der Waals surface area (Å²) in [6.07, 6.45) is 3.15. The topological polar surface area (TPSA) is 52.6 Å². The number of allylic oxidation sites excluding steroid dienone is 1. The third kappa shape index (κ3) is 5.17. The molecule has 4 nitrogen and oxygen atoms in total. The molecule has 28 heavy (non-hydrogen) atoms. The van der Waals surface area contributed by atoms with E-state index in [0.29, 0.717) is 23.5 Å². The molecule has 0 aromatic heterocycles. The van der Waals surface area contributed by atoms with Gasteiger partial charge < -0.3 is 9.47 Å². The van der Waals surface area contributed by atoms with Gasteiger partial charge in [0, 0.05) is 5.56 Å². The van der Waals surface area contributed by atoms with Gasteiger partial charge in [-0.05, 0) is 41.5 Å². The second-order valence-electron chi connectivity index (χ2n) is 6.12. The van der Waals surface area contributed by atoms with Gasteiger partial charge in [0.05, 0.1) is 12.7 Å². The lowest BCUT2D eigenvalue weighted by Gasteiger charge is -2.07. The number of hydrogen-bond acceptors (Lipinski definition) is 4. The SMILES string of the molecule is COC(=O)c1cccc(C=CC(=O)c2cccc(OCc3ccccc3)c2)c1. The predicted molar refractivity (Wildman–Crippen MR) is 108 cm³/mol. The van der Waals surface area contributed by atoms with Crippen LogP contribution in [0.4, 0.5) is 0 Å². The fraction of sp³-hybridized carbons (Fsp3) is 0.0833. The van der Waals surface area contributed by atoms with Crippen LogP contribution in [0.2, 0.25) is 0 Å². The number of methoxy groups -OCH3 is 1. The third-order valence-electron chi connectivity index (χ3n) is 4.10. The van der Waals surface area contributed by atoms with Crippen LogP contribution in [0.1, 0.15) is 31.8 Å². The minimum absolute atomic E-state index is 0.145. The lowest BCUT2D eigenvalue weighted by Crippen LogP contribution is -2.01. The number of esters is 1. The Labute approximate surface area is 164 Å². The smallest absolute Gasteiger partial charge is 0.337 e. The average Bonchev–Trinajstić information content (AvgIpc) is 2.76. The summed E-state index contributed by atoms with van der Waals surface area (Å²) >= 11 is 0. The van der Waals surface area contributed by atoms with E-state index in [9.17, 15) is 9.59 Å². The largest absolute Gasteiger partial charge is 0.489 e. The Morgan fingerprint density at radius 3 is 2.39 bits per heavy atom. The summed E-state index contributed by atoms with van der Waals surface area (Å²) in [5, 5.41) is 0. The molecule has 0 atom stereocenters. The van der Waals surface area contributed by atoms with Crippen molar-refractivity contribution < 1.29 is 19.1 Å². The number of benzene rings is 3. The van der Waals surface area contributed by atoms with Crippen molar-refractivity contribution in [1.82, 2.24) is 0 Å². The van der Waals surface area contributed by atoms with E-state index in [1.54, 1.807) is 42.5 Å². The van der Waals surface area contributed by atoms with Crippen molar-refractivity contribution in [2.45, 2.75) is 6.61 Å². The Morgan fingerprint density at radius 2 is 1.61 bits per heavy atom. The standard InChI is InChI=1S/C24H20O4/c1-27-24(26)21-11-5-9-18(15-21)13-14-23(25)20-10-6-12-22(16-20)28-17-19-7-3-2-4-8-19/h2-16H,17H2,1H3. The number of ether oxygens (including phenoxy) is 2. The second-order valence-corrected chi connectivity index (χ2v) is 6.12. The van der Waals surface area contributed by atoms with Crippen LogP contribution in [0.5, 0.6) is 5.75 Å². The van der Waals surface area contributed by atoms with Gasteiger partial charge in [0.25, 0.3) is 0 Å². The summed E-state index contributed by atoms with van der Waals surface area (Å²) in [5.74, 6) is 0.0780. The van der Waals surface area contributed by atoms with E-state index in [-0.39, 0.29) is 5.78 Å². The van der Waals surface area contributed by atoms with E-state index in [2.05, 4.69) is 0 Å². The van der Waals surface area contributed by atoms with E-state index in [1.165, 1.54) is 13.2 Å². The van der Waals surface area contributed by atoms with Gasteiger partial charge in [-0.15, -0.1) is 0 Å². The van der Waals surface area contributed by atoms with Gasteiger partial charge >= 0.3 is 5.97 Å². The zero-order valence-electron chi connectivity index (χ0n) is 15.5. The van der Waals surface area contributed by atoms with Crippen LogP contribution in [0, 0.1) is 0 Å². The molecule has 0 fully saturated rings. The monoisotopic (exact) mass is 372 g/mol. The van der Waals surface area contributed by atoms with Crippen LogP contribution in [-0.2, 0) is 11.3 Å². The van der Waals surface area contributed by atoms with Crippen LogP contribution in [0.25, 0.3) is 6.08 Å². The molecule has 0 radical (unpaired) electrons. The molecule has 0 saturated heterocycles. The van der Waals surface area contributed by atoms with E-state index in [0.717, 1.165) is 11.1 Å². The van der Waals surface area contributed by atoms with Crippen molar-refractivity contribution in [3.8, 4) is 5.75 Å². The first-order valence-corrected chi connectivity index (χ1v) is 8.83. The first kappa shape index (κ1) is 19.1. The Hall–Kier alpha value is -3.66. The Kier molecular flexibility index (Phi) is 6.37. The Bertz CT molecular complexity index is 990. The predicted octanol–water partition coefficient (Wildman–Crippen LogP) is 4.95. The van der Waals surface area contributed by atoms with Crippen molar-refractivity contribution in [2.24, 2.45) is 0 Å². The van der Waals surface area contributed by atoms with Gasteiger partial charge in [-0.1, -0.05) is 60.7 Å².